The van der Waals surface area contributed by atoms with Crippen molar-refractivity contribution in [2.45, 2.75) is 18.9 Å². The van der Waals surface area contributed by atoms with Gasteiger partial charge in [-0.25, -0.2) is 4.98 Å². The molecule has 17 heavy (non-hydrogen) atoms. The molecule has 1 aliphatic heterocycles. The van der Waals surface area contributed by atoms with Crippen LogP contribution in [-0.2, 0) is 9.47 Å². The Morgan fingerprint density at radius 1 is 1.59 bits per heavy atom. The summed E-state index contributed by atoms with van der Waals surface area (Å²) in [7, 11) is 1.70. The van der Waals surface area contributed by atoms with Crippen molar-refractivity contribution in [2.75, 3.05) is 37.9 Å². The summed E-state index contributed by atoms with van der Waals surface area (Å²) >= 11 is 0. The molecule has 1 aliphatic rings. The molecule has 1 aromatic heterocycles. The number of nitrogen functional groups attached to an aromatic ring is 1. The first-order chi connectivity index (χ1) is 8.13. The van der Waals surface area contributed by atoms with Crippen molar-refractivity contribution in [3.8, 4) is 0 Å². The summed E-state index contributed by atoms with van der Waals surface area (Å²) in [5.74, 6) is 1.000. The maximum absolute atomic E-state index is 5.59. The lowest BCUT2D eigenvalue weighted by atomic mass is 10.0. The number of nitrogens with two attached hydrogens (primary N) is 1. The summed E-state index contributed by atoms with van der Waals surface area (Å²) in [5.41, 5.74) is 6.18. The van der Waals surface area contributed by atoms with Crippen LogP contribution in [0.5, 0.6) is 0 Å². The van der Waals surface area contributed by atoms with E-state index in [2.05, 4.69) is 15.3 Å². The topological polar surface area (TPSA) is 82.3 Å². The van der Waals surface area contributed by atoms with Crippen molar-refractivity contribution in [1.82, 2.24) is 9.97 Å². The molecule has 94 valence electrons. The first kappa shape index (κ1) is 12.1. The van der Waals surface area contributed by atoms with E-state index in [0.29, 0.717) is 13.2 Å². The van der Waals surface area contributed by atoms with Gasteiger partial charge in [-0.3, -0.25) is 0 Å². The van der Waals surface area contributed by atoms with Gasteiger partial charge in [-0.05, 0) is 6.92 Å². The Kier molecular flexibility index (Phi) is 3.44. The van der Waals surface area contributed by atoms with Crippen molar-refractivity contribution < 1.29 is 9.47 Å². The Hall–Kier alpha value is -1.40. The molecule has 6 heteroatoms. The number of nitrogens with zero attached hydrogens (tertiary/aromatic N) is 2. The minimum absolute atomic E-state index is 0.256. The lowest BCUT2D eigenvalue weighted by Crippen LogP contribution is -2.39. The van der Waals surface area contributed by atoms with Gasteiger partial charge in [-0.2, -0.15) is 4.98 Å². The third-order valence-corrected chi connectivity index (χ3v) is 2.96. The maximum atomic E-state index is 5.59. The van der Waals surface area contributed by atoms with E-state index < -0.39 is 0 Å². The van der Waals surface area contributed by atoms with Crippen LogP contribution in [0.25, 0.3) is 0 Å². The van der Waals surface area contributed by atoms with E-state index in [1.807, 2.05) is 13.0 Å². The van der Waals surface area contributed by atoms with Crippen molar-refractivity contribution in [3.63, 3.8) is 0 Å². The molecular formula is C11H18N4O2. The van der Waals surface area contributed by atoms with Crippen molar-refractivity contribution in [1.29, 1.82) is 0 Å². The van der Waals surface area contributed by atoms with Gasteiger partial charge in [0.2, 0.25) is 5.95 Å². The predicted molar refractivity (Wildman–Crippen MR) is 64.8 cm³/mol. The van der Waals surface area contributed by atoms with Crippen LogP contribution in [0.2, 0.25) is 0 Å². The molecule has 1 aromatic rings. The van der Waals surface area contributed by atoms with Gasteiger partial charge in [0.1, 0.15) is 11.4 Å². The SMILES string of the molecule is COC1(CNc2cc(C)nc(N)n2)CCOC1. The third kappa shape index (κ3) is 2.83. The first-order valence-electron chi connectivity index (χ1n) is 5.61. The molecule has 0 aliphatic carbocycles. The van der Waals surface area contributed by atoms with Gasteiger partial charge in [0, 0.05) is 38.4 Å². The highest BCUT2D eigenvalue weighted by molar-refractivity contribution is 5.40. The number of anilines is 2. The van der Waals surface area contributed by atoms with E-state index in [1.165, 1.54) is 0 Å². The third-order valence-electron chi connectivity index (χ3n) is 2.96. The second kappa shape index (κ2) is 4.85. The maximum Gasteiger partial charge on any atom is 0.222 e. The molecule has 6 nitrogen and oxygen atoms in total. The lowest BCUT2D eigenvalue weighted by Gasteiger charge is -2.26. The number of nitrogens with one attached hydrogen (secondary N) is 1. The van der Waals surface area contributed by atoms with Crippen LogP contribution >= 0.6 is 0 Å². The highest BCUT2D eigenvalue weighted by Gasteiger charge is 2.34. The molecule has 3 N–H and O–H groups in total. The van der Waals surface area contributed by atoms with Gasteiger partial charge in [-0.1, -0.05) is 0 Å². The Morgan fingerprint density at radius 2 is 2.41 bits per heavy atom. The molecule has 0 aromatic carbocycles. The molecular weight excluding hydrogens is 220 g/mol. The van der Waals surface area contributed by atoms with Crippen LogP contribution in [0.3, 0.4) is 0 Å². The molecule has 1 saturated heterocycles. The zero-order chi connectivity index (χ0) is 12.3. The van der Waals surface area contributed by atoms with Gasteiger partial charge in [0.25, 0.3) is 0 Å². The Bertz CT molecular complexity index is 371. The normalized spacial score (nSPS) is 23.9. The largest absolute Gasteiger partial charge is 0.378 e. The van der Waals surface area contributed by atoms with Gasteiger partial charge in [-0.15, -0.1) is 0 Å². The summed E-state index contributed by atoms with van der Waals surface area (Å²) in [4.78, 5) is 8.14. The van der Waals surface area contributed by atoms with Crippen molar-refractivity contribution >= 4 is 11.8 Å². The summed E-state index contributed by atoms with van der Waals surface area (Å²) in [6.07, 6.45) is 0.885. The van der Waals surface area contributed by atoms with E-state index in [9.17, 15) is 0 Å². The molecule has 0 saturated carbocycles. The Labute approximate surface area is 101 Å². The minimum Gasteiger partial charge on any atom is -0.378 e. The molecule has 2 rings (SSSR count). The van der Waals surface area contributed by atoms with Gasteiger partial charge >= 0.3 is 0 Å². The number of ether oxygens (including phenoxy) is 2. The van der Waals surface area contributed by atoms with Crippen LogP contribution in [0.15, 0.2) is 6.07 Å². The first-order valence-corrected chi connectivity index (χ1v) is 5.61. The van der Waals surface area contributed by atoms with Crippen molar-refractivity contribution in [2.24, 2.45) is 0 Å². The fourth-order valence-corrected chi connectivity index (χ4v) is 1.89. The van der Waals surface area contributed by atoms with E-state index in [4.69, 9.17) is 15.2 Å². The van der Waals surface area contributed by atoms with Gasteiger partial charge in [0.05, 0.1) is 6.61 Å². The zero-order valence-electron chi connectivity index (χ0n) is 10.2. The minimum atomic E-state index is -0.256. The summed E-state index contributed by atoms with van der Waals surface area (Å²) < 4.78 is 10.9. The number of aryl methyl sites for hydroxylation is 1. The molecule has 0 amide bonds. The number of aromatic nitrogens is 2. The van der Waals surface area contributed by atoms with E-state index in [1.54, 1.807) is 7.11 Å². The standard InChI is InChI=1S/C11H18N4O2/c1-8-5-9(15-10(12)14-8)13-6-11(16-2)3-4-17-7-11/h5H,3-4,6-7H2,1-2H3,(H3,12,13,14,15). The highest BCUT2D eigenvalue weighted by atomic mass is 16.5. The molecule has 2 heterocycles. The quantitative estimate of drug-likeness (QED) is 0.798. The summed E-state index contributed by atoms with van der Waals surface area (Å²) in [5, 5.41) is 3.22. The van der Waals surface area contributed by atoms with E-state index in [0.717, 1.165) is 24.5 Å². The Balaban J connectivity index is 2.01. The molecule has 1 fully saturated rings. The van der Waals surface area contributed by atoms with Crippen molar-refractivity contribution in [3.05, 3.63) is 11.8 Å². The number of hydrogen-bond donors (Lipinski definition) is 2. The predicted octanol–water partition coefficient (Wildman–Crippen LogP) is 0.585. The fraction of sp³-hybridized carbons (Fsp3) is 0.636. The van der Waals surface area contributed by atoms with Crippen LogP contribution in [-0.4, -0.2) is 42.4 Å². The fourth-order valence-electron chi connectivity index (χ4n) is 1.89. The lowest BCUT2D eigenvalue weighted by molar-refractivity contribution is -0.00625. The summed E-state index contributed by atoms with van der Waals surface area (Å²) in [6.45, 7) is 3.88. The zero-order valence-corrected chi connectivity index (χ0v) is 10.2. The average molecular weight is 238 g/mol. The van der Waals surface area contributed by atoms with Crippen LogP contribution in [0.1, 0.15) is 12.1 Å². The molecule has 1 unspecified atom stereocenters. The molecule has 0 bridgehead atoms. The van der Waals surface area contributed by atoms with Gasteiger partial charge < -0.3 is 20.5 Å². The Morgan fingerprint density at radius 3 is 3.00 bits per heavy atom. The smallest absolute Gasteiger partial charge is 0.222 e. The number of hydrogen-bond acceptors (Lipinski definition) is 6. The molecule has 0 spiro atoms. The molecule has 1 atom stereocenters. The van der Waals surface area contributed by atoms with E-state index >= 15 is 0 Å². The van der Waals surface area contributed by atoms with E-state index in [-0.39, 0.29) is 11.5 Å². The van der Waals surface area contributed by atoms with Gasteiger partial charge in [0.15, 0.2) is 0 Å². The second-order valence-corrected chi connectivity index (χ2v) is 4.30. The summed E-state index contributed by atoms with van der Waals surface area (Å²) in [6, 6.07) is 1.86. The second-order valence-electron chi connectivity index (χ2n) is 4.30. The number of rotatable bonds is 4. The van der Waals surface area contributed by atoms with Crippen LogP contribution < -0.4 is 11.1 Å². The highest BCUT2D eigenvalue weighted by Crippen LogP contribution is 2.23. The molecule has 0 radical (unpaired) electrons. The van der Waals surface area contributed by atoms with Crippen LogP contribution in [0.4, 0.5) is 11.8 Å². The van der Waals surface area contributed by atoms with Crippen LogP contribution in [0, 0.1) is 6.92 Å². The number of methoxy groups -OCH3 is 1. The average Bonchev–Trinajstić information content (AvgIpc) is 2.74. The monoisotopic (exact) mass is 238 g/mol.